The zero-order valence-electron chi connectivity index (χ0n) is 15.4. The summed E-state index contributed by atoms with van der Waals surface area (Å²) in [6, 6.07) is 9.91. The van der Waals surface area contributed by atoms with Crippen molar-refractivity contribution in [2.75, 3.05) is 19.7 Å². The molecular weight excluding hydrogens is 314 g/mol. The number of aromatic nitrogens is 2. The molecule has 1 aliphatic heterocycles. The second-order valence-electron chi connectivity index (χ2n) is 6.99. The van der Waals surface area contributed by atoms with Crippen LogP contribution in [0.1, 0.15) is 29.8 Å². The minimum atomic E-state index is 0.0767. The van der Waals surface area contributed by atoms with Gasteiger partial charge in [-0.3, -0.25) is 9.48 Å². The first-order chi connectivity index (χ1) is 12.0. The first-order valence-electron chi connectivity index (χ1n) is 9.00. The highest BCUT2D eigenvalue weighted by Crippen LogP contribution is 2.21. The molecule has 5 nitrogen and oxygen atoms in total. The van der Waals surface area contributed by atoms with Gasteiger partial charge in [0.25, 0.3) is 5.91 Å². The molecule has 1 amide bonds. The Hall–Kier alpha value is -2.30. The van der Waals surface area contributed by atoms with E-state index in [0.717, 1.165) is 49.5 Å². The van der Waals surface area contributed by atoms with Crippen LogP contribution in [0.2, 0.25) is 0 Å². The normalized spacial score (nSPS) is 15.4. The first kappa shape index (κ1) is 17.5. The number of ether oxygens (including phenoxy) is 1. The summed E-state index contributed by atoms with van der Waals surface area (Å²) in [6.45, 7) is 8.79. The van der Waals surface area contributed by atoms with Crippen molar-refractivity contribution in [1.82, 2.24) is 14.7 Å². The number of hydrogen-bond donors (Lipinski definition) is 0. The summed E-state index contributed by atoms with van der Waals surface area (Å²) >= 11 is 0. The van der Waals surface area contributed by atoms with Gasteiger partial charge < -0.3 is 9.64 Å². The molecule has 0 atom stereocenters. The monoisotopic (exact) mass is 341 g/mol. The smallest absolute Gasteiger partial charge is 0.260 e. The number of carbonyl (C=O) groups is 1. The third kappa shape index (κ3) is 4.41. The second kappa shape index (κ2) is 7.72. The van der Waals surface area contributed by atoms with Gasteiger partial charge in [0.2, 0.25) is 0 Å². The Bertz CT molecular complexity index is 730. The zero-order valence-corrected chi connectivity index (χ0v) is 15.4. The predicted molar refractivity (Wildman–Crippen MR) is 97.7 cm³/mol. The van der Waals surface area contributed by atoms with Crippen LogP contribution in [0.5, 0.6) is 5.75 Å². The van der Waals surface area contributed by atoms with E-state index in [-0.39, 0.29) is 12.5 Å². The van der Waals surface area contributed by atoms with E-state index in [1.54, 1.807) is 0 Å². The third-order valence-electron chi connectivity index (χ3n) is 4.95. The van der Waals surface area contributed by atoms with Crippen molar-refractivity contribution >= 4 is 5.91 Å². The van der Waals surface area contributed by atoms with Crippen molar-refractivity contribution < 1.29 is 9.53 Å². The lowest BCUT2D eigenvalue weighted by Crippen LogP contribution is -2.41. The lowest BCUT2D eigenvalue weighted by molar-refractivity contribution is -0.134. The average Bonchev–Trinajstić information content (AvgIpc) is 2.92. The minimum Gasteiger partial charge on any atom is -0.484 e. The van der Waals surface area contributed by atoms with E-state index in [4.69, 9.17) is 4.74 Å². The highest BCUT2D eigenvalue weighted by Gasteiger charge is 2.24. The van der Waals surface area contributed by atoms with Crippen molar-refractivity contribution in [1.29, 1.82) is 0 Å². The lowest BCUT2D eigenvalue weighted by Gasteiger charge is -2.32. The maximum Gasteiger partial charge on any atom is 0.260 e. The molecule has 2 heterocycles. The quantitative estimate of drug-likeness (QED) is 0.839. The number of amides is 1. The van der Waals surface area contributed by atoms with E-state index in [0.29, 0.717) is 5.92 Å². The van der Waals surface area contributed by atoms with Gasteiger partial charge in [-0.25, -0.2) is 0 Å². The van der Waals surface area contributed by atoms with Gasteiger partial charge in [-0.15, -0.1) is 0 Å². The Labute approximate surface area is 149 Å². The van der Waals surface area contributed by atoms with Crippen molar-refractivity contribution in [2.24, 2.45) is 5.92 Å². The largest absolute Gasteiger partial charge is 0.484 e. The highest BCUT2D eigenvalue weighted by molar-refractivity contribution is 5.77. The number of aryl methyl sites for hydroxylation is 3. The number of likely N-dealkylation sites (tertiary alicyclic amines) is 1. The van der Waals surface area contributed by atoms with Gasteiger partial charge in [-0.2, -0.15) is 5.10 Å². The van der Waals surface area contributed by atoms with Gasteiger partial charge in [-0.05, 0) is 57.2 Å². The molecule has 1 aromatic heterocycles. The number of piperidine rings is 1. The van der Waals surface area contributed by atoms with Crippen molar-refractivity contribution in [2.45, 2.75) is 40.2 Å². The molecule has 25 heavy (non-hydrogen) atoms. The number of benzene rings is 1. The molecule has 134 valence electrons. The average molecular weight is 341 g/mol. The molecule has 3 rings (SSSR count). The van der Waals surface area contributed by atoms with Crippen LogP contribution in [-0.4, -0.2) is 40.3 Å². The number of nitrogens with zero attached hydrogens (tertiary/aromatic N) is 3. The molecule has 2 aromatic rings. The van der Waals surface area contributed by atoms with Gasteiger partial charge in [-0.1, -0.05) is 18.2 Å². The first-order valence-corrected chi connectivity index (χ1v) is 9.00. The van der Waals surface area contributed by atoms with Crippen LogP contribution in [0.15, 0.2) is 30.3 Å². The highest BCUT2D eigenvalue weighted by atomic mass is 16.5. The van der Waals surface area contributed by atoms with Crippen molar-refractivity contribution in [3.8, 4) is 5.75 Å². The van der Waals surface area contributed by atoms with Gasteiger partial charge in [0, 0.05) is 25.3 Å². The van der Waals surface area contributed by atoms with E-state index < -0.39 is 0 Å². The SMILES string of the molecule is Cc1cc(C)n(CC2CCN(C(=O)COc3ccccc3C)CC2)n1. The van der Waals surface area contributed by atoms with E-state index in [1.165, 1.54) is 5.69 Å². The Morgan fingerprint density at radius 3 is 2.56 bits per heavy atom. The number of hydrogen-bond acceptors (Lipinski definition) is 3. The molecule has 0 unspecified atom stereocenters. The van der Waals surface area contributed by atoms with Crippen molar-refractivity contribution in [3.05, 3.63) is 47.3 Å². The molecule has 1 fully saturated rings. The van der Waals surface area contributed by atoms with Gasteiger partial charge in [0.15, 0.2) is 6.61 Å². The van der Waals surface area contributed by atoms with E-state index in [1.807, 2.05) is 43.0 Å². The van der Waals surface area contributed by atoms with E-state index in [9.17, 15) is 4.79 Å². The molecule has 1 saturated heterocycles. The fraction of sp³-hybridized carbons (Fsp3) is 0.500. The molecule has 0 saturated carbocycles. The van der Waals surface area contributed by atoms with E-state index in [2.05, 4.69) is 22.8 Å². The Kier molecular flexibility index (Phi) is 5.41. The molecule has 1 aliphatic rings. The number of para-hydroxylation sites is 1. The molecule has 0 spiro atoms. The van der Waals surface area contributed by atoms with Crippen LogP contribution >= 0.6 is 0 Å². The summed E-state index contributed by atoms with van der Waals surface area (Å²) in [5, 5.41) is 4.55. The maximum absolute atomic E-state index is 12.4. The zero-order chi connectivity index (χ0) is 17.8. The molecule has 0 radical (unpaired) electrons. The molecule has 5 heteroatoms. The van der Waals surface area contributed by atoms with Gasteiger partial charge in [0.1, 0.15) is 5.75 Å². The molecule has 0 aliphatic carbocycles. The molecule has 1 aromatic carbocycles. The molecular formula is C20H27N3O2. The number of carbonyl (C=O) groups excluding carboxylic acids is 1. The fourth-order valence-corrected chi connectivity index (χ4v) is 3.42. The summed E-state index contributed by atoms with van der Waals surface area (Å²) in [5.41, 5.74) is 3.33. The Morgan fingerprint density at radius 1 is 1.20 bits per heavy atom. The second-order valence-corrected chi connectivity index (χ2v) is 6.99. The molecule has 0 N–H and O–H groups in total. The third-order valence-corrected chi connectivity index (χ3v) is 4.95. The predicted octanol–water partition coefficient (Wildman–Crippen LogP) is 3.13. The lowest BCUT2D eigenvalue weighted by atomic mass is 9.97. The standard InChI is InChI=1S/C20H27N3O2/c1-15-6-4-5-7-19(15)25-14-20(24)22-10-8-18(9-11-22)13-23-17(3)12-16(2)21-23/h4-7,12,18H,8-11,13-14H2,1-3H3. The summed E-state index contributed by atoms with van der Waals surface area (Å²) in [7, 11) is 0. The minimum absolute atomic E-state index is 0.0767. The molecule has 0 bridgehead atoms. The van der Waals surface area contributed by atoms with Crippen LogP contribution in [0.3, 0.4) is 0 Å². The maximum atomic E-state index is 12.4. The summed E-state index contributed by atoms with van der Waals surface area (Å²) < 4.78 is 7.78. The Morgan fingerprint density at radius 2 is 1.92 bits per heavy atom. The fourth-order valence-electron chi connectivity index (χ4n) is 3.42. The van der Waals surface area contributed by atoms with Crippen LogP contribution < -0.4 is 4.74 Å². The summed E-state index contributed by atoms with van der Waals surface area (Å²) in [6.07, 6.45) is 2.04. The Balaban J connectivity index is 1.46. The van der Waals surface area contributed by atoms with E-state index >= 15 is 0 Å². The summed E-state index contributed by atoms with van der Waals surface area (Å²) in [4.78, 5) is 14.3. The van der Waals surface area contributed by atoms with Crippen LogP contribution in [0, 0.1) is 26.7 Å². The van der Waals surface area contributed by atoms with Gasteiger partial charge in [0.05, 0.1) is 5.69 Å². The topological polar surface area (TPSA) is 47.4 Å². The number of rotatable bonds is 5. The van der Waals surface area contributed by atoms with Gasteiger partial charge >= 0.3 is 0 Å². The van der Waals surface area contributed by atoms with Crippen LogP contribution in [0.4, 0.5) is 0 Å². The summed E-state index contributed by atoms with van der Waals surface area (Å²) in [5.74, 6) is 1.45. The van der Waals surface area contributed by atoms with Crippen LogP contribution in [-0.2, 0) is 11.3 Å². The van der Waals surface area contributed by atoms with Crippen LogP contribution in [0.25, 0.3) is 0 Å². The van der Waals surface area contributed by atoms with Crippen molar-refractivity contribution in [3.63, 3.8) is 0 Å².